The molecule has 0 bridgehead atoms. The van der Waals surface area contributed by atoms with Crippen LogP contribution in [-0.4, -0.2) is 30.7 Å². The lowest BCUT2D eigenvalue weighted by molar-refractivity contribution is -0.137. The minimum atomic E-state index is -4.50. The average Bonchev–Trinajstić information content (AvgIpc) is 2.68. The Labute approximate surface area is 194 Å². The van der Waals surface area contributed by atoms with E-state index in [2.05, 4.69) is 15.3 Å². The van der Waals surface area contributed by atoms with Crippen LogP contribution in [0, 0.1) is 0 Å². The highest BCUT2D eigenvalue weighted by molar-refractivity contribution is 14.0. The third-order valence-electron chi connectivity index (χ3n) is 4.24. The number of fused-ring (bicyclic) bond motifs is 1. The normalized spacial score (nSPS) is 16.1. The van der Waals surface area contributed by atoms with Crippen molar-refractivity contribution in [2.45, 2.75) is 25.1 Å². The third-order valence-corrected chi connectivity index (χ3v) is 4.51. The minimum absolute atomic E-state index is 0. The van der Waals surface area contributed by atoms with E-state index in [0.29, 0.717) is 31.7 Å². The molecule has 1 aliphatic heterocycles. The fourth-order valence-corrected chi connectivity index (χ4v) is 3.06. The van der Waals surface area contributed by atoms with Crippen molar-refractivity contribution in [3.05, 3.63) is 52.7 Å². The van der Waals surface area contributed by atoms with E-state index in [-0.39, 0.29) is 47.5 Å². The molecule has 0 spiro atoms. The highest BCUT2D eigenvalue weighted by Gasteiger charge is 2.31. The predicted octanol–water partition coefficient (Wildman–Crippen LogP) is 4.57. The molecule has 1 unspecified atom stereocenters. The number of nitrogens with two attached hydrogens (primary N) is 1. The molecule has 30 heavy (non-hydrogen) atoms. The number of hydrogen-bond acceptors (Lipinski definition) is 4. The second kappa shape index (κ2) is 10.9. The number of para-hydroxylation sites is 1. The van der Waals surface area contributed by atoms with Gasteiger partial charge >= 0.3 is 6.18 Å². The first kappa shape index (κ1) is 24.3. The van der Waals surface area contributed by atoms with Crippen LogP contribution >= 0.6 is 35.6 Å². The average molecular weight is 557 g/mol. The summed E-state index contributed by atoms with van der Waals surface area (Å²) in [6.45, 7) is 1.16. The molecule has 2 heterocycles. The van der Waals surface area contributed by atoms with Gasteiger partial charge in [-0.1, -0.05) is 29.8 Å². The van der Waals surface area contributed by atoms with Gasteiger partial charge in [-0.2, -0.15) is 13.2 Å². The monoisotopic (exact) mass is 556 g/mol. The zero-order chi connectivity index (χ0) is 20.9. The molecule has 0 radical (unpaired) electrons. The fourth-order valence-electron chi connectivity index (χ4n) is 2.84. The smallest absolute Gasteiger partial charge is 0.417 e. The molecule has 0 saturated heterocycles. The van der Waals surface area contributed by atoms with Gasteiger partial charge in [0.05, 0.1) is 24.8 Å². The van der Waals surface area contributed by atoms with Crippen molar-refractivity contribution < 1.29 is 22.6 Å². The van der Waals surface area contributed by atoms with Crippen molar-refractivity contribution in [1.29, 1.82) is 0 Å². The minimum Gasteiger partial charge on any atom is -0.493 e. The van der Waals surface area contributed by atoms with Crippen LogP contribution in [-0.2, 0) is 6.18 Å². The lowest BCUT2D eigenvalue weighted by Gasteiger charge is -2.26. The van der Waals surface area contributed by atoms with Gasteiger partial charge in [-0.15, -0.1) is 24.0 Å². The molecule has 0 aliphatic carbocycles. The summed E-state index contributed by atoms with van der Waals surface area (Å²) in [5.41, 5.74) is 6.06. The molecule has 11 heteroatoms. The number of alkyl halides is 3. The first-order valence-corrected chi connectivity index (χ1v) is 9.36. The number of nitrogens with one attached hydrogen (secondary N) is 1. The lowest BCUT2D eigenvalue weighted by Crippen LogP contribution is -2.37. The summed E-state index contributed by atoms with van der Waals surface area (Å²) >= 11 is 5.79. The van der Waals surface area contributed by atoms with E-state index in [0.717, 1.165) is 23.8 Å². The summed E-state index contributed by atoms with van der Waals surface area (Å²) in [6.07, 6.45) is -2.55. The maximum Gasteiger partial charge on any atom is 0.417 e. The molecule has 1 aliphatic rings. The van der Waals surface area contributed by atoms with Crippen molar-refractivity contribution in [3.8, 4) is 11.6 Å². The molecule has 1 aromatic heterocycles. The van der Waals surface area contributed by atoms with Crippen LogP contribution in [0.1, 0.15) is 30.0 Å². The van der Waals surface area contributed by atoms with E-state index < -0.39 is 11.7 Å². The van der Waals surface area contributed by atoms with E-state index >= 15 is 0 Å². The van der Waals surface area contributed by atoms with Gasteiger partial charge in [-0.05, 0) is 12.1 Å². The van der Waals surface area contributed by atoms with Gasteiger partial charge in [0.2, 0.25) is 5.88 Å². The van der Waals surface area contributed by atoms with E-state index in [4.69, 9.17) is 26.8 Å². The Hall–Kier alpha value is -1.95. The van der Waals surface area contributed by atoms with Crippen LogP contribution < -0.4 is 20.5 Å². The maximum atomic E-state index is 12.6. The SMILES string of the molecule is I.NC(=NCCCOc1ncc(C(F)(F)F)cc1Cl)NC1CCOc2ccccc21. The second-order valence-corrected chi connectivity index (χ2v) is 6.76. The lowest BCUT2D eigenvalue weighted by atomic mass is 10.0. The molecule has 164 valence electrons. The van der Waals surface area contributed by atoms with Crippen LogP contribution in [0.5, 0.6) is 11.6 Å². The number of guanidine groups is 1. The van der Waals surface area contributed by atoms with Crippen LogP contribution in [0.15, 0.2) is 41.5 Å². The number of aliphatic imine (C=N–C) groups is 1. The highest BCUT2D eigenvalue weighted by Crippen LogP contribution is 2.33. The van der Waals surface area contributed by atoms with Gasteiger partial charge in [0, 0.05) is 31.1 Å². The standard InChI is InChI=1S/C19H20ClF3N4O2.HI/c20-14-10-12(19(21,22)23)11-26-17(14)29-8-3-7-25-18(24)27-15-6-9-28-16-5-2-1-4-13(15)16;/h1-2,4-5,10-11,15H,3,6-9H2,(H3,24,25,27);1H. The Morgan fingerprint density at radius 2 is 2.13 bits per heavy atom. The van der Waals surface area contributed by atoms with Crippen molar-refractivity contribution in [2.24, 2.45) is 10.7 Å². The molecule has 3 rings (SSSR count). The van der Waals surface area contributed by atoms with E-state index in [1.54, 1.807) is 0 Å². The number of pyridine rings is 1. The number of hydrogen-bond donors (Lipinski definition) is 2. The number of aromatic nitrogens is 1. The number of rotatable bonds is 6. The number of ether oxygens (including phenoxy) is 2. The molecule has 1 aromatic carbocycles. The molecule has 1 atom stereocenters. The summed E-state index contributed by atoms with van der Waals surface area (Å²) in [5, 5.41) is 2.99. The Kier molecular flexibility index (Phi) is 8.83. The first-order valence-electron chi connectivity index (χ1n) is 8.98. The van der Waals surface area contributed by atoms with Gasteiger partial charge < -0.3 is 20.5 Å². The fraction of sp³-hybridized carbons (Fsp3) is 0.368. The van der Waals surface area contributed by atoms with Gasteiger partial charge in [0.15, 0.2) is 5.96 Å². The summed E-state index contributed by atoms with van der Waals surface area (Å²) < 4.78 is 48.7. The molecule has 0 fully saturated rings. The molecular formula is C19H21ClF3IN4O2. The van der Waals surface area contributed by atoms with Crippen molar-refractivity contribution in [3.63, 3.8) is 0 Å². The Balaban J connectivity index is 0.00000320. The van der Waals surface area contributed by atoms with E-state index in [1.807, 2.05) is 24.3 Å². The summed E-state index contributed by atoms with van der Waals surface area (Å²) in [4.78, 5) is 7.87. The van der Waals surface area contributed by atoms with Gasteiger partial charge in [-0.3, -0.25) is 4.99 Å². The van der Waals surface area contributed by atoms with Crippen LogP contribution in [0.2, 0.25) is 5.02 Å². The molecule has 2 aromatic rings. The summed E-state index contributed by atoms with van der Waals surface area (Å²) in [5.74, 6) is 1.09. The largest absolute Gasteiger partial charge is 0.493 e. The van der Waals surface area contributed by atoms with Gasteiger partial charge in [-0.25, -0.2) is 4.98 Å². The molecule has 0 saturated carbocycles. The molecule has 6 nitrogen and oxygen atoms in total. The zero-order valence-electron chi connectivity index (χ0n) is 15.8. The maximum absolute atomic E-state index is 12.6. The third kappa shape index (κ3) is 6.53. The quantitative estimate of drug-likeness (QED) is 0.236. The van der Waals surface area contributed by atoms with Crippen LogP contribution in [0.4, 0.5) is 13.2 Å². The van der Waals surface area contributed by atoms with Crippen LogP contribution in [0.25, 0.3) is 0 Å². The van der Waals surface area contributed by atoms with Crippen molar-refractivity contribution in [2.75, 3.05) is 19.8 Å². The van der Waals surface area contributed by atoms with E-state index in [9.17, 15) is 13.2 Å². The van der Waals surface area contributed by atoms with Crippen LogP contribution in [0.3, 0.4) is 0 Å². The Bertz CT molecular complexity index is 883. The predicted molar refractivity (Wildman–Crippen MR) is 119 cm³/mol. The van der Waals surface area contributed by atoms with Crippen molar-refractivity contribution in [1.82, 2.24) is 10.3 Å². The second-order valence-electron chi connectivity index (χ2n) is 6.35. The molecule has 0 amide bonds. The summed E-state index contributed by atoms with van der Waals surface area (Å²) in [6, 6.07) is 8.55. The Morgan fingerprint density at radius 3 is 2.87 bits per heavy atom. The van der Waals surface area contributed by atoms with Crippen molar-refractivity contribution >= 4 is 41.5 Å². The Morgan fingerprint density at radius 1 is 1.37 bits per heavy atom. The topological polar surface area (TPSA) is 81.8 Å². The first-order chi connectivity index (χ1) is 13.8. The number of nitrogens with zero attached hydrogens (tertiary/aromatic N) is 2. The number of benzene rings is 1. The zero-order valence-corrected chi connectivity index (χ0v) is 18.9. The van der Waals surface area contributed by atoms with E-state index in [1.165, 1.54) is 0 Å². The highest BCUT2D eigenvalue weighted by atomic mass is 127. The summed E-state index contributed by atoms with van der Waals surface area (Å²) in [7, 11) is 0. The van der Waals surface area contributed by atoms with Gasteiger partial charge in [0.25, 0.3) is 0 Å². The number of halogens is 5. The molecule has 3 N–H and O–H groups in total. The molecular weight excluding hydrogens is 536 g/mol. The van der Waals surface area contributed by atoms with Gasteiger partial charge in [0.1, 0.15) is 10.8 Å².